The van der Waals surface area contributed by atoms with Crippen molar-refractivity contribution in [2.24, 2.45) is 0 Å². The van der Waals surface area contributed by atoms with E-state index in [0.29, 0.717) is 13.1 Å². The van der Waals surface area contributed by atoms with Gasteiger partial charge in [-0.2, -0.15) is 0 Å². The van der Waals surface area contributed by atoms with Crippen molar-refractivity contribution in [1.82, 2.24) is 10.2 Å². The van der Waals surface area contributed by atoms with Crippen LogP contribution in [0, 0.1) is 5.82 Å². The SMILES string of the molecule is CC(C)(C)OC(=O)N1CCNCC1c1c(Br)sc2cc(F)ccc12. The van der Waals surface area contributed by atoms with Crippen molar-refractivity contribution < 1.29 is 13.9 Å². The van der Waals surface area contributed by atoms with E-state index in [1.165, 1.54) is 23.5 Å². The molecule has 24 heavy (non-hydrogen) atoms. The number of benzene rings is 1. The van der Waals surface area contributed by atoms with Crippen LogP contribution in [-0.4, -0.2) is 36.2 Å². The molecule has 0 spiro atoms. The van der Waals surface area contributed by atoms with Crippen LogP contribution >= 0.6 is 27.3 Å². The normalized spacial score (nSPS) is 18.9. The second kappa shape index (κ2) is 6.61. The first-order valence-electron chi connectivity index (χ1n) is 7.84. The number of carbonyl (C=O) groups is 1. The fraction of sp³-hybridized carbons (Fsp3) is 0.471. The molecule has 3 rings (SSSR count). The van der Waals surface area contributed by atoms with E-state index >= 15 is 0 Å². The standard InChI is InChI=1S/C17H20BrFN2O2S/c1-17(2,3)23-16(22)21-7-6-20-9-12(21)14-11-5-4-10(19)8-13(11)24-15(14)18/h4-5,8,12,20H,6-7,9H2,1-3H3. The van der Waals surface area contributed by atoms with Gasteiger partial charge in [-0.25, -0.2) is 9.18 Å². The van der Waals surface area contributed by atoms with Crippen molar-refractivity contribution in [3.8, 4) is 0 Å². The van der Waals surface area contributed by atoms with E-state index in [1.807, 2.05) is 20.8 Å². The number of ether oxygens (including phenoxy) is 1. The molecule has 1 amide bonds. The largest absolute Gasteiger partial charge is 0.444 e. The summed E-state index contributed by atoms with van der Waals surface area (Å²) in [5.74, 6) is -0.256. The van der Waals surface area contributed by atoms with E-state index in [1.54, 1.807) is 11.0 Å². The summed E-state index contributed by atoms with van der Waals surface area (Å²) < 4.78 is 20.9. The fourth-order valence-electron chi connectivity index (χ4n) is 2.87. The Kier molecular flexibility index (Phi) is 4.86. The Morgan fingerprint density at radius 1 is 1.46 bits per heavy atom. The molecule has 2 heterocycles. The minimum atomic E-state index is -0.538. The molecule has 130 valence electrons. The molecular formula is C17H20BrFN2O2S. The Labute approximate surface area is 153 Å². The van der Waals surface area contributed by atoms with Gasteiger partial charge in [0.05, 0.1) is 9.83 Å². The second-order valence-corrected chi connectivity index (χ2v) is 9.19. The summed E-state index contributed by atoms with van der Waals surface area (Å²) >= 11 is 5.08. The molecule has 1 N–H and O–H groups in total. The second-order valence-electron chi connectivity index (χ2n) is 6.82. The van der Waals surface area contributed by atoms with Crippen molar-refractivity contribution in [1.29, 1.82) is 0 Å². The number of amides is 1. The van der Waals surface area contributed by atoms with Crippen LogP contribution in [0.15, 0.2) is 22.0 Å². The highest BCUT2D eigenvalue weighted by Crippen LogP contribution is 2.42. The Morgan fingerprint density at radius 2 is 2.21 bits per heavy atom. The first-order valence-corrected chi connectivity index (χ1v) is 9.45. The van der Waals surface area contributed by atoms with Crippen molar-refractivity contribution in [2.75, 3.05) is 19.6 Å². The van der Waals surface area contributed by atoms with Gasteiger partial charge in [0, 0.05) is 29.9 Å². The molecule has 0 saturated carbocycles. The predicted molar refractivity (Wildman–Crippen MR) is 98.0 cm³/mol. The van der Waals surface area contributed by atoms with Gasteiger partial charge in [0.1, 0.15) is 11.4 Å². The average Bonchev–Trinajstić information content (AvgIpc) is 2.80. The molecule has 0 radical (unpaired) electrons. The lowest BCUT2D eigenvalue weighted by Gasteiger charge is -2.37. The Morgan fingerprint density at radius 3 is 2.92 bits per heavy atom. The van der Waals surface area contributed by atoms with Crippen LogP contribution in [0.5, 0.6) is 0 Å². The molecule has 2 aromatic rings. The summed E-state index contributed by atoms with van der Waals surface area (Å²) in [6, 6.07) is 4.62. The molecule has 4 nitrogen and oxygen atoms in total. The third kappa shape index (κ3) is 3.58. The van der Waals surface area contributed by atoms with Crippen molar-refractivity contribution >= 4 is 43.4 Å². The van der Waals surface area contributed by atoms with Crippen LogP contribution in [-0.2, 0) is 4.74 Å². The third-order valence-electron chi connectivity index (χ3n) is 3.85. The summed E-state index contributed by atoms with van der Waals surface area (Å²) in [4.78, 5) is 14.4. The maximum Gasteiger partial charge on any atom is 0.410 e. The van der Waals surface area contributed by atoms with Gasteiger partial charge in [0.2, 0.25) is 0 Å². The minimum Gasteiger partial charge on any atom is -0.444 e. The van der Waals surface area contributed by atoms with Crippen LogP contribution in [0.3, 0.4) is 0 Å². The number of fused-ring (bicyclic) bond motifs is 1. The van der Waals surface area contributed by atoms with Gasteiger partial charge >= 0.3 is 6.09 Å². The number of piperazine rings is 1. The summed E-state index contributed by atoms with van der Waals surface area (Å²) in [5, 5.41) is 4.30. The molecule has 1 aliphatic heterocycles. The Bertz CT molecular complexity index is 772. The highest BCUT2D eigenvalue weighted by Gasteiger charge is 2.34. The number of nitrogens with zero attached hydrogens (tertiary/aromatic N) is 1. The maximum absolute atomic E-state index is 13.5. The predicted octanol–water partition coefficient (Wildman–Crippen LogP) is 4.68. The summed E-state index contributed by atoms with van der Waals surface area (Å²) in [5.41, 5.74) is 0.469. The van der Waals surface area contributed by atoms with Gasteiger partial charge in [-0.05, 0) is 54.2 Å². The molecule has 1 aromatic heterocycles. The zero-order valence-electron chi connectivity index (χ0n) is 13.9. The number of hydrogen-bond donors (Lipinski definition) is 1. The van der Waals surface area contributed by atoms with Crippen molar-refractivity contribution in [2.45, 2.75) is 32.4 Å². The highest BCUT2D eigenvalue weighted by molar-refractivity contribution is 9.11. The maximum atomic E-state index is 13.5. The zero-order valence-corrected chi connectivity index (χ0v) is 16.3. The number of thiophene rings is 1. The molecule has 1 unspecified atom stereocenters. The molecule has 1 fully saturated rings. The first-order chi connectivity index (χ1) is 11.3. The topological polar surface area (TPSA) is 41.6 Å². The Hall–Kier alpha value is -1.18. The molecule has 0 aliphatic carbocycles. The molecule has 1 aromatic carbocycles. The van der Waals surface area contributed by atoms with Gasteiger partial charge in [-0.15, -0.1) is 11.3 Å². The minimum absolute atomic E-state index is 0.151. The highest BCUT2D eigenvalue weighted by atomic mass is 79.9. The lowest BCUT2D eigenvalue weighted by Crippen LogP contribution is -2.50. The van der Waals surface area contributed by atoms with Crippen LogP contribution in [0.1, 0.15) is 32.4 Å². The number of rotatable bonds is 1. The fourth-order valence-corrected chi connectivity index (χ4v) is 4.88. The lowest BCUT2D eigenvalue weighted by atomic mass is 10.0. The van der Waals surface area contributed by atoms with E-state index in [0.717, 1.165) is 26.0 Å². The Balaban J connectivity index is 1.99. The van der Waals surface area contributed by atoms with Crippen LogP contribution in [0.4, 0.5) is 9.18 Å². The van der Waals surface area contributed by atoms with Gasteiger partial charge in [0.25, 0.3) is 0 Å². The zero-order chi connectivity index (χ0) is 17.5. The molecule has 1 atom stereocenters. The molecule has 1 aliphatic rings. The quantitative estimate of drug-likeness (QED) is 0.735. The van der Waals surface area contributed by atoms with E-state index in [-0.39, 0.29) is 18.0 Å². The molecule has 7 heteroatoms. The summed E-state index contributed by atoms with van der Waals surface area (Å²) in [6.07, 6.45) is -0.317. The van der Waals surface area contributed by atoms with Gasteiger partial charge in [-0.3, -0.25) is 4.90 Å². The van der Waals surface area contributed by atoms with Crippen LogP contribution in [0.25, 0.3) is 10.1 Å². The molecule has 1 saturated heterocycles. The van der Waals surface area contributed by atoms with Gasteiger partial charge in [-0.1, -0.05) is 6.07 Å². The van der Waals surface area contributed by atoms with Crippen LogP contribution < -0.4 is 5.32 Å². The first kappa shape index (κ1) is 17.6. The van der Waals surface area contributed by atoms with E-state index in [9.17, 15) is 9.18 Å². The summed E-state index contributed by atoms with van der Waals surface area (Å²) in [7, 11) is 0. The lowest BCUT2D eigenvalue weighted by molar-refractivity contribution is 0.0119. The van der Waals surface area contributed by atoms with Crippen molar-refractivity contribution in [3.05, 3.63) is 33.4 Å². The van der Waals surface area contributed by atoms with Crippen molar-refractivity contribution in [3.63, 3.8) is 0 Å². The van der Waals surface area contributed by atoms with E-state index in [4.69, 9.17) is 4.74 Å². The molecular weight excluding hydrogens is 395 g/mol. The van der Waals surface area contributed by atoms with E-state index < -0.39 is 5.60 Å². The number of hydrogen-bond acceptors (Lipinski definition) is 4. The number of nitrogens with one attached hydrogen (secondary N) is 1. The van der Waals surface area contributed by atoms with Gasteiger partial charge < -0.3 is 10.1 Å². The number of carbonyl (C=O) groups excluding carboxylic acids is 1. The smallest absolute Gasteiger partial charge is 0.410 e. The monoisotopic (exact) mass is 414 g/mol. The van der Waals surface area contributed by atoms with E-state index in [2.05, 4.69) is 21.2 Å². The summed E-state index contributed by atoms with van der Waals surface area (Å²) in [6.45, 7) is 7.53. The van der Waals surface area contributed by atoms with Gasteiger partial charge in [0.15, 0.2) is 0 Å². The number of halogens is 2. The average molecular weight is 415 g/mol. The molecule has 0 bridgehead atoms. The third-order valence-corrected chi connectivity index (χ3v) is 5.72. The van der Waals surface area contributed by atoms with Crippen LogP contribution in [0.2, 0.25) is 0 Å².